The van der Waals surface area contributed by atoms with Crippen LogP contribution in [0.3, 0.4) is 0 Å². The molecule has 0 aromatic heterocycles. The molecule has 0 bridgehead atoms. The fourth-order valence-corrected chi connectivity index (χ4v) is 2.40. The van der Waals surface area contributed by atoms with Crippen LogP contribution in [-0.2, 0) is 0 Å². The second-order valence-corrected chi connectivity index (χ2v) is 5.91. The third-order valence-electron chi connectivity index (χ3n) is 3.75. The predicted octanol–water partition coefficient (Wildman–Crippen LogP) is 7.77. The molecule has 0 fully saturated rings. The quantitative estimate of drug-likeness (QED) is 0.213. The summed E-state index contributed by atoms with van der Waals surface area (Å²) in [6, 6.07) is 0. The molecule has 0 aliphatic carbocycles. The van der Waals surface area contributed by atoms with E-state index >= 15 is 0 Å². The molecular formula is C21H38. The summed E-state index contributed by atoms with van der Waals surface area (Å²) in [6.45, 7) is 4.46. The number of hydrogen-bond acceptors (Lipinski definition) is 0. The smallest absolute Gasteiger partial charge is 0.0169 e. The third-order valence-corrected chi connectivity index (χ3v) is 3.75. The molecule has 0 saturated carbocycles. The minimum Gasteiger partial charge on any atom is -0.0885 e. The first-order chi connectivity index (χ1) is 10.4. The maximum atomic E-state index is 2.35. The second-order valence-electron chi connectivity index (χ2n) is 5.91. The van der Waals surface area contributed by atoms with Crippen molar-refractivity contribution < 1.29 is 0 Å². The molecular weight excluding hydrogens is 252 g/mol. The van der Waals surface area contributed by atoms with Crippen molar-refractivity contribution in [3.8, 4) is 0 Å². The Morgan fingerprint density at radius 2 is 0.952 bits per heavy atom. The van der Waals surface area contributed by atoms with Crippen molar-refractivity contribution >= 4 is 0 Å². The van der Waals surface area contributed by atoms with E-state index in [1.165, 1.54) is 64.2 Å². The van der Waals surface area contributed by atoms with Crippen molar-refractivity contribution in [2.75, 3.05) is 0 Å². The summed E-state index contributed by atoms with van der Waals surface area (Å²) in [6.07, 6.45) is 31.0. The maximum absolute atomic E-state index is 2.35. The highest BCUT2D eigenvalue weighted by Gasteiger charge is 1.90. The topological polar surface area (TPSA) is 0 Å². The first kappa shape index (κ1) is 20.2. The number of hydrogen-bond donors (Lipinski definition) is 0. The summed E-state index contributed by atoms with van der Waals surface area (Å²) < 4.78 is 0. The first-order valence-electron chi connectivity index (χ1n) is 9.36. The van der Waals surface area contributed by atoms with Gasteiger partial charge in [-0.2, -0.15) is 0 Å². The van der Waals surface area contributed by atoms with Gasteiger partial charge in [0.25, 0.3) is 0 Å². The minimum absolute atomic E-state index is 1.08. The van der Waals surface area contributed by atoms with Gasteiger partial charge < -0.3 is 0 Å². The normalized spacial score (nSPS) is 12.3. The fraction of sp³-hybridized carbons (Fsp3) is 0.714. The predicted molar refractivity (Wildman–Crippen MR) is 98.8 cm³/mol. The highest BCUT2D eigenvalue weighted by atomic mass is 14.0. The van der Waals surface area contributed by atoms with E-state index in [0.717, 1.165) is 19.3 Å². The SMILES string of the molecule is CC/C=C/C/C=C\C/C=C\CCCCCCCCCCC. The third kappa shape index (κ3) is 19.2. The molecule has 0 aliphatic rings. The van der Waals surface area contributed by atoms with E-state index in [4.69, 9.17) is 0 Å². The van der Waals surface area contributed by atoms with E-state index in [1.54, 1.807) is 0 Å². The largest absolute Gasteiger partial charge is 0.0885 e. The molecule has 0 rings (SSSR count). The minimum atomic E-state index is 1.08. The number of rotatable bonds is 15. The monoisotopic (exact) mass is 290 g/mol. The van der Waals surface area contributed by atoms with Gasteiger partial charge in [-0.15, -0.1) is 0 Å². The Kier molecular flexibility index (Phi) is 18.5. The molecule has 0 atom stereocenters. The number of unbranched alkanes of at least 4 members (excludes halogenated alkanes) is 9. The van der Waals surface area contributed by atoms with Crippen LogP contribution in [0, 0.1) is 0 Å². The van der Waals surface area contributed by atoms with Crippen LogP contribution in [0.2, 0.25) is 0 Å². The molecule has 0 spiro atoms. The molecule has 0 heterocycles. The highest BCUT2D eigenvalue weighted by molar-refractivity contribution is 4.96. The van der Waals surface area contributed by atoms with Gasteiger partial charge in [-0.3, -0.25) is 0 Å². The Morgan fingerprint density at radius 1 is 0.476 bits per heavy atom. The van der Waals surface area contributed by atoms with Gasteiger partial charge in [0.05, 0.1) is 0 Å². The van der Waals surface area contributed by atoms with Gasteiger partial charge >= 0.3 is 0 Å². The van der Waals surface area contributed by atoms with Crippen LogP contribution in [0.25, 0.3) is 0 Å². The molecule has 0 saturated heterocycles. The van der Waals surface area contributed by atoms with Crippen molar-refractivity contribution in [2.24, 2.45) is 0 Å². The van der Waals surface area contributed by atoms with Gasteiger partial charge in [-0.05, 0) is 32.1 Å². The van der Waals surface area contributed by atoms with E-state index in [2.05, 4.69) is 50.3 Å². The first-order valence-corrected chi connectivity index (χ1v) is 9.36. The lowest BCUT2D eigenvalue weighted by atomic mass is 10.1. The van der Waals surface area contributed by atoms with E-state index in [9.17, 15) is 0 Å². The van der Waals surface area contributed by atoms with Gasteiger partial charge in [-0.1, -0.05) is 102 Å². The van der Waals surface area contributed by atoms with Gasteiger partial charge in [0.1, 0.15) is 0 Å². The summed E-state index contributed by atoms with van der Waals surface area (Å²) in [5.74, 6) is 0. The number of allylic oxidation sites excluding steroid dienone is 6. The van der Waals surface area contributed by atoms with Crippen LogP contribution in [-0.4, -0.2) is 0 Å². The molecule has 0 heteroatoms. The summed E-state index contributed by atoms with van der Waals surface area (Å²) >= 11 is 0. The van der Waals surface area contributed by atoms with E-state index < -0.39 is 0 Å². The van der Waals surface area contributed by atoms with Gasteiger partial charge in [0.2, 0.25) is 0 Å². The lowest BCUT2D eigenvalue weighted by Gasteiger charge is -2.00. The standard InChI is InChI=1S/C21H38/c1-3-5-7-9-11-13-15-17-19-21-20-18-16-14-12-10-8-6-4-2/h5,7,11,13,17,19H,3-4,6,8-10,12,14-16,18,20-21H2,1-2H3/b7-5+,13-11-,19-17-. The van der Waals surface area contributed by atoms with Crippen molar-refractivity contribution in [1.29, 1.82) is 0 Å². The zero-order valence-corrected chi connectivity index (χ0v) is 14.7. The highest BCUT2D eigenvalue weighted by Crippen LogP contribution is 2.10. The lowest BCUT2D eigenvalue weighted by Crippen LogP contribution is -1.80. The van der Waals surface area contributed by atoms with Crippen LogP contribution in [0.5, 0.6) is 0 Å². The Bertz CT molecular complexity index is 257. The van der Waals surface area contributed by atoms with E-state index in [1.807, 2.05) is 0 Å². The molecule has 122 valence electrons. The zero-order chi connectivity index (χ0) is 15.4. The molecule has 0 aromatic rings. The Labute approximate surface area is 134 Å². The Hall–Kier alpha value is -0.780. The van der Waals surface area contributed by atoms with Crippen molar-refractivity contribution in [3.05, 3.63) is 36.5 Å². The van der Waals surface area contributed by atoms with Gasteiger partial charge in [0, 0.05) is 0 Å². The van der Waals surface area contributed by atoms with Crippen LogP contribution in [0.1, 0.15) is 97.3 Å². The molecule has 0 aliphatic heterocycles. The Balaban J connectivity index is 3.16. The fourth-order valence-electron chi connectivity index (χ4n) is 2.40. The molecule has 0 nitrogen and oxygen atoms in total. The summed E-state index contributed by atoms with van der Waals surface area (Å²) in [4.78, 5) is 0. The molecule has 0 radical (unpaired) electrons. The van der Waals surface area contributed by atoms with Crippen molar-refractivity contribution in [3.63, 3.8) is 0 Å². The molecule has 0 aromatic carbocycles. The molecule has 0 amide bonds. The van der Waals surface area contributed by atoms with Crippen LogP contribution >= 0.6 is 0 Å². The maximum Gasteiger partial charge on any atom is -0.0169 e. The molecule has 21 heavy (non-hydrogen) atoms. The molecule has 0 unspecified atom stereocenters. The average Bonchev–Trinajstić information content (AvgIpc) is 2.50. The van der Waals surface area contributed by atoms with E-state index in [-0.39, 0.29) is 0 Å². The van der Waals surface area contributed by atoms with E-state index in [0.29, 0.717) is 0 Å². The summed E-state index contributed by atoms with van der Waals surface area (Å²) in [5, 5.41) is 0. The Morgan fingerprint density at radius 3 is 1.52 bits per heavy atom. The van der Waals surface area contributed by atoms with Gasteiger partial charge in [0.15, 0.2) is 0 Å². The summed E-state index contributed by atoms with van der Waals surface area (Å²) in [5.41, 5.74) is 0. The molecule has 0 N–H and O–H groups in total. The van der Waals surface area contributed by atoms with Crippen LogP contribution < -0.4 is 0 Å². The van der Waals surface area contributed by atoms with Crippen molar-refractivity contribution in [2.45, 2.75) is 97.3 Å². The lowest BCUT2D eigenvalue weighted by molar-refractivity contribution is 0.566. The summed E-state index contributed by atoms with van der Waals surface area (Å²) in [7, 11) is 0. The van der Waals surface area contributed by atoms with Crippen molar-refractivity contribution in [1.82, 2.24) is 0 Å². The second kappa shape index (κ2) is 19.2. The van der Waals surface area contributed by atoms with Crippen LogP contribution in [0.4, 0.5) is 0 Å². The zero-order valence-electron chi connectivity index (χ0n) is 14.7. The van der Waals surface area contributed by atoms with Crippen LogP contribution in [0.15, 0.2) is 36.5 Å². The average molecular weight is 291 g/mol. The van der Waals surface area contributed by atoms with Gasteiger partial charge in [-0.25, -0.2) is 0 Å².